The molecule has 0 atom stereocenters. The molecule has 0 radical (unpaired) electrons. The van der Waals surface area contributed by atoms with Crippen molar-refractivity contribution in [1.82, 2.24) is 9.78 Å². The number of carbonyl (C=O) groups excluding carboxylic acids is 1. The first-order chi connectivity index (χ1) is 6.59. The summed E-state index contributed by atoms with van der Waals surface area (Å²) < 4.78 is 1.57. The van der Waals surface area contributed by atoms with E-state index in [2.05, 4.69) is 5.10 Å². The molecule has 0 bridgehead atoms. The molecule has 0 unspecified atom stereocenters. The Morgan fingerprint density at radius 1 is 1.57 bits per heavy atom. The fourth-order valence-electron chi connectivity index (χ4n) is 1.44. The summed E-state index contributed by atoms with van der Waals surface area (Å²) in [6.45, 7) is 0. The highest BCUT2D eigenvalue weighted by Gasteiger charge is 2.14. The molecule has 0 spiro atoms. The van der Waals surface area contributed by atoms with Crippen LogP contribution in [0.5, 0.6) is 5.75 Å². The van der Waals surface area contributed by atoms with Crippen LogP contribution < -0.4 is 5.73 Å². The third-order valence-electron chi connectivity index (χ3n) is 2.02. The number of aromatic nitrogens is 2. The molecule has 0 aliphatic heterocycles. The minimum absolute atomic E-state index is 0.0723. The first-order valence-corrected chi connectivity index (χ1v) is 4.04. The number of nitrogens with two attached hydrogens (primary N) is 1. The monoisotopic (exact) mass is 191 g/mol. The van der Waals surface area contributed by atoms with Gasteiger partial charge >= 0.3 is 0 Å². The maximum Gasteiger partial charge on any atom is 0.254 e. The van der Waals surface area contributed by atoms with Crippen molar-refractivity contribution >= 4 is 16.8 Å². The zero-order valence-corrected chi connectivity index (χ0v) is 7.56. The largest absolute Gasteiger partial charge is 0.507 e. The Bertz CT molecular complexity index is 516. The van der Waals surface area contributed by atoms with Crippen LogP contribution in [0, 0.1) is 0 Å². The molecule has 3 N–H and O–H groups in total. The van der Waals surface area contributed by atoms with Crippen molar-refractivity contribution in [2.24, 2.45) is 12.8 Å². The van der Waals surface area contributed by atoms with Crippen molar-refractivity contribution in [3.05, 3.63) is 23.9 Å². The van der Waals surface area contributed by atoms with E-state index in [4.69, 9.17) is 5.73 Å². The van der Waals surface area contributed by atoms with Gasteiger partial charge in [-0.2, -0.15) is 5.10 Å². The predicted molar refractivity (Wildman–Crippen MR) is 50.9 cm³/mol. The summed E-state index contributed by atoms with van der Waals surface area (Å²) in [6, 6.07) is 3.12. The Morgan fingerprint density at radius 3 is 2.93 bits per heavy atom. The van der Waals surface area contributed by atoms with Crippen molar-refractivity contribution in [2.75, 3.05) is 0 Å². The van der Waals surface area contributed by atoms with Crippen LogP contribution in [0.1, 0.15) is 10.4 Å². The van der Waals surface area contributed by atoms with Crippen molar-refractivity contribution < 1.29 is 9.90 Å². The number of rotatable bonds is 1. The third kappa shape index (κ3) is 1.10. The Hall–Kier alpha value is -2.04. The predicted octanol–water partition coefficient (Wildman–Crippen LogP) is 0.378. The number of hydrogen-bond acceptors (Lipinski definition) is 3. The molecule has 14 heavy (non-hydrogen) atoms. The molecule has 2 rings (SSSR count). The van der Waals surface area contributed by atoms with Gasteiger partial charge in [0.15, 0.2) is 0 Å². The van der Waals surface area contributed by atoms with E-state index in [1.807, 2.05) is 0 Å². The average Bonchev–Trinajstić information content (AvgIpc) is 2.43. The molecule has 72 valence electrons. The number of amides is 1. The van der Waals surface area contributed by atoms with Crippen LogP contribution in [0.4, 0.5) is 0 Å². The second-order valence-electron chi connectivity index (χ2n) is 3.06. The summed E-state index contributed by atoms with van der Waals surface area (Å²) in [5, 5.41) is 14.3. The standard InChI is InChI=1S/C9H9N3O2/c1-12-4-5-2-3-6(13)7(9(10)14)8(5)11-12/h2-4,13H,1H3,(H2,10,14). The van der Waals surface area contributed by atoms with Crippen LogP contribution in [-0.4, -0.2) is 20.8 Å². The minimum atomic E-state index is -0.674. The van der Waals surface area contributed by atoms with E-state index in [1.54, 1.807) is 24.0 Å². The lowest BCUT2D eigenvalue weighted by atomic mass is 10.1. The third-order valence-corrected chi connectivity index (χ3v) is 2.02. The normalized spacial score (nSPS) is 10.6. The molecule has 1 aromatic carbocycles. The zero-order valence-electron chi connectivity index (χ0n) is 7.56. The number of nitrogens with zero attached hydrogens (tertiary/aromatic N) is 2. The van der Waals surface area contributed by atoms with Gasteiger partial charge in [0.2, 0.25) is 0 Å². The van der Waals surface area contributed by atoms with Gasteiger partial charge in [-0.15, -0.1) is 0 Å². The van der Waals surface area contributed by atoms with E-state index in [-0.39, 0.29) is 11.3 Å². The number of carbonyl (C=O) groups is 1. The maximum absolute atomic E-state index is 11.1. The Morgan fingerprint density at radius 2 is 2.29 bits per heavy atom. The van der Waals surface area contributed by atoms with Gasteiger partial charge in [0.05, 0.1) is 0 Å². The molecule has 0 aliphatic carbocycles. The Labute approximate surface area is 79.7 Å². The molecule has 0 fully saturated rings. The summed E-state index contributed by atoms with van der Waals surface area (Å²) in [5.74, 6) is -0.810. The van der Waals surface area contributed by atoms with Crippen molar-refractivity contribution in [2.45, 2.75) is 0 Å². The summed E-state index contributed by atoms with van der Waals surface area (Å²) in [7, 11) is 1.74. The summed E-state index contributed by atoms with van der Waals surface area (Å²) in [5.41, 5.74) is 5.64. The second-order valence-corrected chi connectivity index (χ2v) is 3.06. The first-order valence-electron chi connectivity index (χ1n) is 4.04. The summed E-state index contributed by atoms with van der Waals surface area (Å²) in [6.07, 6.45) is 1.75. The van der Waals surface area contributed by atoms with E-state index >= 15 is 0 Å². The molecule has 5 heteroatoms. The highest BCUT2D eigenvalue weighted by Crippen LogP contribution is 2.25. The smallest absolute Gasteiger partial charge is 0.254 e. The fourth-order valence-corrected chi connectivity index (χ4v) is 1.44. The lowest BCUT2D eigenvalue weighted by molar-refractivity contribution is 0.0999. The number of fused-ring (bicyclic) bond motifs is 1. The maximum atomic E-state index is 11.1. The summed E-state index contributed by atoms with van der Waals surface area (Å²) in [4.78, 5) is 11.1. The van der Waals surface area contributed by atoms with Crippen LogP contribution in [0.3, 0.4) is 0 Å². The van der Waals surface area contributed by atoms with Gasteiger partial charge in [-0.3, -0.25) is 9.48 Å². The molecule has 1 heterocycles. The quantitative estimate of drug-likeness (QED) is 0.683. The topological polar surface area (TPSA) is 81.1 Å². The van der Waals surface area contributed by atoms with E-state index in [1.165, 1.54) is 6.07 Å². The molecular weight excluding hydrogens is 182 g/mol. The van der Waals surface area contributed by atoms with Gasteiger partial charge in [-0.05, 0) is 12.1 Å². The number of aromatic hydroxyl groups is 1. The van der Waals surface area contributed by atoms with Crippen LogP contribution in [-0.2, 0) is 7.05 Å². The van der Waals surface area contributed by atoms with Crippen LogP contribution in [0.15, 0.2) is 18.3 Å². The molecule has 1 aromatic heterocycles. The fraction of sp³-hybridized carbons (Fsp3) is 0.111. The molecule has 0 saturated carbocycles. The van der Waals surface area contributed by atoms with Gasteiger partial charge in [0.1, 0.15) is 16.8 Å². The molecule has 5 nitrogen and oxygen atoms in total. The Kier molecular flexibility index (Phi) is 1.67. The number of phenols is 1. The number of primary amides is 1. The average molecular weight is 191 g/mol. The van der Waals surface area contributed by atoms with E-state index in [0.29, 0.717) is 5.52 Å². The molecule has 1 amide bonds. The van der Waals surface area contributed by atoms with Crippen molar-refractivity contribution in [3.8, 4) is 5.75 Å². The van der Waals surface area contributed by atoms with Gasteiger partial charge < -0.3 is 10.8 Å². The SMILES string of the molecule is Cn1cc2ccc(O)c(C(N)=O)c2n1. The molecule has 0 saturated heterocycles. The first kappa shape index (κ1) is 8.55. The minimum Gasteiger partial charge on any atom is -0.507 e. The van der Waals surface area contributed by atoms with Gasteiger partial charge in [-0.25, -0.2) is 0 Å². The highest BCUT2D eigenvalue weighted by atomic mass is 16.3. The van der Waals surface area contributed by atoms with E-state index in [9.17, 15) is 9.90 Å². The number of aryl methyl sites for hydroxylation is 1. The van der Waals surface area contributed by atoms with Gasteiger partial charge in [-0.1, -0.05) is 0 Å². The number of hydrogen-bond donors (Lipinski definition) is 2. The second kappa shape index (κ2) is 2.73. The van der Waals surface area contributed by atoms with Crippen molar-refractivity contribution in [3.63, 3.8) is 0 Å². The van der Waals surface area contributed by atoms with E-state index < -0.39 is 5.91 Å². The van der Waals surface area contributed by atoms with Gasteiger partial charge in [0, 0.05) is 18.6 Å². The van der Waals surface area contributed by atoms with Crippen LogP contribution in [0.2, 0.25) is 0 Å². The van der Waals surface area contributed by atoms with Crippen molar-refractivity contribution in [1.29, 1.82) is 0 Å². The highest BCUT2D eigenvalue weighted by molar-refractivity contribution is 6.07. The molecule has 2 aromatic rings. The number of benzene rings is 1. The lowest BCUT2D eigenvalue weighted by Crippen LogP contribution is -2.11. The lowest BCUT2D eigenvalue weighted by Gasteiger charge is -1.99. The zero-order chi connectivity index (χ0) is 10.3. The van der Waals surface area contributed by atoms with Crippen LogP contribution >= 0.6 is 0 Å². The van der Waals surface area contributed by atoms with Crippen LogP contribution in [0.25, 0.3) is 10.9 Å². The Balaban J connectivity index is 2.88. The van der Waals surface area contributed by atoms with Gasteiger partial charge in [0.25, 0.3) is 5.91 Å². The molecule has 0 aliphatic rings. The molecular formula is C9H9N3O2. The van der Waals surface area contributed by atoms with E-state index in [0.717, 1.165) is 5.39 Å². The summed E-state index contributed by atoms with van der Waals surface area (Å²) >= 11 is 0.